The average molecular weight is 372 g/mol. The van der Waals surface area contributed by atoms with Crippen molar-refractivity contribution in [1.82, 2.24) is 0 Å². The molecule has 1 aromatic rings. The normalized spacial score (nSPS) is 28.9. The summed E-state index contributed by atoms with van der Waals surface area (Å²) in [5.74, 6) is -0.469. The number of aliphatic hydroxyl groups excluding tert-OH is 1. The minimum Gasteiger partial charge on any atom is -0.507 e. The molecule has 3 atom stereocenters. The van der Waals surface area contributed by atoms with Gasteiger partial charge in [0.2, 0.25) is 0 Å². The van der Waals surface area contributed by atoms with Crippen LogP contribution in [0.4, 0.5) is 0 Å². The number of esters is 2. The van der Waals surface area contributed by atoms with Crippen molar-refractivity contribution in [2.24, 2.45) is 5.92 Å². The van der Waals surface area contributed by atoms with E-state index < -0.39 is 6.10 Å². The van der Waals surface area contributed by atoms with Crippen molar-refractivity contribution in [2.45, 2.75) is 50.5 Å². The van der Waals surface area contributed by atoms with Gasteiger partial charge in [-0.15, -0.1) is 0 Å². The summed E-state index contributed by atoms with van der Waals surface area (Å²) in [7, 11) is 1.34. The number of carbonyl (C=O) groups excluding carboxylic acids is 2. The van der Waals surface area contributed by atoms with Crippen LogP contribution in [-0.2, 0) is 30.9 Å². The van der Waals surface area contributed by atoms with Gasteiger partial charge in [0.25, 0.3) is 0 Å². The lowest BCUT2D eigenvalue weighted by atomic mass is 9.56. The maximum Gasteiger partial charge on any atom is 0.334 e. The van der Waals surface area contributed by atoms with Crippen LogP contribution in [-0.4, -0.2) is 35.9 Å². The smallest absolute Gasteiger partial charge is 0.334 e. The summed E-state index contributed by atoms with van der Waals surface area (Å²) < 4.78 is 9.90. The third-order valence-corrected chi connectivity index (χ3v) is 6.61. The quantitative estimate of drug-likeness (QED) is 0.792. The fourth-order valence-electron chi connectivity index (χ4n) is 5.06. The van der Waals surface area contributed by atoms with E-state index in [2.05, 4.69) is 11.7 Å². The summed E-state index contributed by atoms with van der Waals surface area (Å²) in [4.78, 5) is 23.4. The van der Waals surface area contributed by atoms with Crippen LogP contribution in [0.2, 0.25) is 0 Å². The first-order valence-corrected chi connectivity index (χ1v) is 9.36. The molecule has 0 aromatic heterocycles. The molecule has 1 aliphatic heterocycles. The van der Waals surface area contributed by atoms with Crippen molar-refractivity contribution in [3.63, 3.8) is 0 Å². The number of cyclic esters (lactones) is 1. The first-order valence-electron chi connectivity index (χ1n) is 9.36. The number of aliphatic hydroxyl groups is 1. The van der Waals surface area contributed by atoms with Crippen LogP contribution in [0.25, 0.3) is 0 Å². The molecule has 1 unspecified atom stereocenters. The average Bonchev–Trinajstić information content (AvgIpc) is 3.03. The van der Waals surface area contributed by atoms with Gasteiger partial charge in [0.15, 0.2) is 0 Å². The SMILES string of the molecule is COC(=O)CCc1ccc2c(c1O)[C@@H](O)CC1C3=C(CC[C@]21C)C(=O)OC3. The zero-order chi connectivity index (χ0) is 19.3. The van der Waals surface area contributed by atoms with Crippen LogP contribution in [0, 0.1) is 5.92 Å². The highest BCUT2D eigenvalue weighted by molar-refractivity contribution is 5.92. The highest BCUT2D eigenvalue weighted by Crippen LogP contribution is 2.57. The van der Waals surface area contributed by atoms with Gasteiger partial charge in [0.05, 0.1) is 13.2 Å². The third-order valence-electron chi connectivity index (χ3n) is 6.61. The van der Waals surface area contributed by atoms with Crippen molar-refractivity contribution in [3.8, 4) is 5.75 Å². The van der Waals surface area contributed by atoms with E-state index in [0.29, 0.717) is 37.0 Å². The van der Waals surface area contributed by atoms with E-state index in [1.165, 1.54) is 7.11 Å². The van der Waals surface area contributed by atoms with E-state index in [9.17, 15) is 19.8 Å². The van der Waals surface area contributed by atoms with E-state index in [4.69, 9.17) is 4.74 Å². The van der Waals surface area contributed by atoms with Crippen LogP contribution >= 0.6 is 0 Å². The molecule has 27 heavy (non-hydrogen) atoms. The van der Waals surface area contributed by atoms with Crippen LogP contribution in [0.15, 0.2) is 23.3 Å². The molecule has 6 nitrogen and oxygen atoms in total. The Morgan fingerprint density at radius 3 is 2.93 bits per heavy atom. The minimum absolute atomic E-state index is 0.0236. The summed E-state index contributed by atoms with van der Waals surface area (Å²) in [6.07, 6.45) is 1.59. The van der Waals surface area contributed by atoms with Crippen LogP contribution < -0.4 is 0 Å². The number of rotatable bonds is 3. The molecule has 0 saturated carbocycles. The number of hydrogen-bond donors (Lipinski definition) is 2. The zero-order valence-corrected chi connectivity index (χ0v) is 15.6. The topological polar surface area (TPSA) is 93.1 Å². The lowest BCUT2D eigenvalue weighted by Crippen LogP contribution is -2.42. The second-order valence-electron chi connectivity index (χ2n) is 7.91. The summed E-state index contributed by atoms with van der Waals surface area (Å²) >= 11 is 0. The van der Waals surface area contributed by atoms with Gasteiger partial charge in [-0.2, -0.15) is 0 Å². The van der Waals surface area contributed by atoms with Crippen molar-refractivity contribution in [1.29, 1.82) is 0 Å². The fourth-order valence-corrected chi connectivity index (χ4v) is 5.06. The number of phenols is 1. The van der Waals surface area contributed by atoms with Crippen molar-refractivity contribution in [3.05, 3.63) is 40.0 Å². The van der Waals surface area contributed by atoms with Gasteiger partial charge in [0, 0.05) is 23.0 Å². The lowest BCUT2D eigenvalue weighted by molar-refractivity contribution is -0.140. The van der Waals surface area contributed by atoms with E-state index in [1.807, 2.05) is 12.1 Å². The summed E-state index contributed by atoms with van der Waals surface area (Å²) in [5.41, 5.74) is 3.64. The number of aryl methyl sites for hydroxylation is 1. The maximum atomic E-state index is 11.9. The van der Waals surface area contributed by atoms with Gasteiger partial charge in [-0.25, -0.2) is 4.79 Å². The summed E-state index contributed by atoms with van der Waals surface area (Å²) in [6, 6.07) is 3.79. The summed E-state index contributed by atoms with van der Waals surface area (Å²) in [5, 5.41) is 21.7. The molecular weight excluding hydrogens is 348 g/mol. The van der Waals surface area contributed by atoms with Gasteiger partial charge >= 0.3 is 11.9 Å². The molecule has 0 amide bonds. The van der Waals surface area contributed by atoms with E-state index >= 15 is 0 Å². The Kier molecular flexibility index (Phi) is 4.26. The van der Waals surface area contributed by atoms with Gasteiger partial charge in [0.1, 0.15) is 12.4 Å². The van der Waals surface area contributed by atoms with E-state index in [1.54, 1.807) is 0 Å². The fraction of sp³-hybridized carbons (Fsp3) is 0.524. The van der Waals surface area contributed by atoms with Gasteiger partial charge in [-0.1, -0.05) is 19.1 Å². The number of carbonyl (C=O) groups is 2. The molecule has 1 aromatic carbocycles. The molecule has 6 heteroatoms. The second-order valence-corrected chi connectivity index (χ2v) is 7.91. The number of benzene rings is 1. The van der Waals surface area contributed by atoms with Gasteiger partial charge in [-0.05, 0) is 48.3 Å². The van der Waals surface area contributed by atoms with Gasteiger partial charge in [-0.3, -0.25) is 4.79 Å². The second kappa shape index (κ2) is 6.37. The van der Waals surface area contributed by atoms with Gasteiger partial charge < -0.3 is 19.7 Å². The third kappa shape index (κ3) is 2.65. The zero-order valence-electron chi connectivity index (χ0n) is 15.6. The maximum absolute atomic E-state index is 11.9. The van der Waals surface area contributed by atoms with Crippen molar-refractivity contribution < 1.29 is 29.3 Å². The van der Waals surface area contributed by atoms with Crippen molar-refractivity contribution >= 4 is 11.9 Å². The molecule has 1 heterocycles. The largest absolute Gasteiger partial charge is 0.507 e. The predicted molar refractivity (Wildman–Crippen MR) is 96.1 cm³/mol. The Bertz CT molecular complexity index is 854. The first kappa shape index (κ1) is 18.0. The Balaban J connectivity index is 1.74. The molecule has 3 aliphatic rings. The standard InChI is InChI=1S/C21H24O6/c1-21-8-7-12-13(10-27-20(12)25)15(21)9-16(22)18-14(21)5-3-11(19(18)24)4-6-17(23)26-2/h3,5,15-16,22,24H,4,6-10H2,1-2H3/t15?,16-,21+/m0/s1. The van der Waals surface area contributed by atoms with Crippen LogP contribution in [0.5, 0.6) is 5.75 Å². The Labute approximate surface area is 157 Å². The number of methoxy groups -OCH3 is 1. The van der Waals surface area contributed by atoms with Crippen LogP contribution in [0.1, 0.15) is 55.4 Å². The number of hydrogen-bond acceptors (Lipinski definition) is 6. The Morgan fingerprint density at radius 1 is 1.41 bits per heavy atom. The molecular formula is C21H24O6. The molecule has 144 valence electrons. The lowest BCUT2D eigenvalue weighted by Gasteiger charge is -2.48. The van der Waals surface area contributed by atoms with E-state index in [0.717, 1.165) is 23.1 Å². The Morgan fingerprint density at radius 2 is 2.19 bits per heavy atom. The minimum atomic E-state index is -0.821. The highest BCUT2D eigenvalue weighted by Gasteiger charge is 2.51. The molecule has 0 saturated heterocycles. The first-order chi connectivity index (χ1) is 12.9. The predicted octanol–water partition coefficient (Wildman–Crippen LogP) is 2.46. The molecule has 2 N–H and O–H groups in total. The molecule has 0 spiro atoms. The number of phenolic OH excluding ortho intramolecular Hbond substituents is 1. The molecule has 4 rings (SSSR count). The van der Waals surface area contributed by atoms with Crippen LogP contribution in [0.3, 0.4) is 0 Å². The van der Waals surface area contributed by atoms with E-state index in [-0.39, 0.29) is 35.4 Å². The number of fused-ring (bicyclic) bond motifs is 4. The molecule has 0 fully saturated rings. The molecule has 0 radical (unpaired) electrons. The summed E-state index contributed by atoms with van der Waals surface area (Å²) in [6.45, 7) is 2.45. The molecule has 0 bridgehead atoms. The number of aromatic hydroxyl groups is 1. The Hall–Kier alpha value is -2.34. The molecule has 2 aliphatic carbocycles. The highest BCUT2D eigenvalue weighted by atomic mass is 16.5. The monoisotopic (exact) mass is 372 g/mol. The van der Waals surface area contributed by atoms with Crippen molar-refractivity contribution in [2.75, 3.05) is 13.7 Å². The number of ether oxygens (including phenoxy) is 2.